The second kappa shape index (κ2) is 7.18. The molecule has 0 heterocycles. The van der Waals surface area contributed by atoms with E-state index < -0.39 is 0 Å². The molecule has 0 aliphatic carbocycles. The van der Waals surface area contributed by atoms with Crippen molar-refractivity contribution < 1.29 is 14.3 Å². The minimum Gasteiger partial charge on any atom is -0.377 e. The van der Waals surface area contributed by atoms with E-state index in [9.17, 15) is 4.79 Å². The maximum atomic E-state index is 11.1. The van der Waals surface area contributed by atoms with E-state index in [0.717, 1.165) is 0 Å². The monoisotopic (exact) mass is 180 g/mol. The summed E-state index contributed by atoms with van der Waals surface area (Å²) in [5, 5.41) is 0. The van der Waals surface area contributed by atoms with Crippen LogP contribution in [0.1, 0.15) is 10.4 Å². The molecule has 1 rings (SSSR count). The van der Waals surface area contributed by atoms with Crippen LogP contribution in [0.5, 0.6) is 0 Å². The van der Waals surface area contributed by atoms with Gasteiger partial charge in [0.1, 0.15) is 13.4 Å². The van der Waals surface area contributed by atoms with Gasteiger partial charge in [0.15, 0.2) is 5.78 Å². The zero-order valence-corrected chi connectivity index (χ0v) is 7.53. The fourth-order valence-corrected chi connectivity index (χ4v) is 0.838. The lowest BCUT2D eigenvalue weighted by atomic mass is 10.1. The van der Waals surface area contributed by atoms with Crippen LogP contribution >= 0.6 is 0 Å². The van der Waals surface area contributed by atoms with Gasteiger partial charge in [-0.25, -0.2) is 0 Å². The SMILES string of the molecule is C=O.COCC(=O)c1ccccc1. The van der Waals surface area contributed by atoms with Gasteiger partial charge in [0.2, 0.25) is 0 Å². The normalized spacial score (nSPS) is 8.38. The smallest absolute Gasteiger partial charge is 0.188 e. The number of carbonyl (C=O) groups is 2. The van der Waals surface area contributed by atoms with Gasteiger partial charge in [0.05, 0.1) is 0 Å². The second-order valence-corrected chi connectivity index (χ2v) is 2.22. The van der Waals surface area contributed by atoms with E-state index in [1.807, 2.05) is 25.0 Å². The zero-order valence-electron chi connectivity index (χ0n) is 7.53. The molecule has 0 fully saturated rings. The standard InChI is InChI=1S/C9H10O2.CH2O/c1-11-7-9(10)8-5-3-2-4-6-8;1-2/h2-6H,7H2,1H3;1H2. The molecule has 0 N–H and O–H groups in total. The lowest BCUT2D eigenvalue weighted by Gasteiger charge is -1.97. The Bertz CT molecular complexity index is 244. The quantitative estimate of drug-likeness (QED) is 0.659. The molecule has 1 aromatic carbocycles. The van der Waals surface area contributed by atoms with Crippen molar-refractivity contribution in [3.05, 3.63) is 35.9 Å². The Labute approximate surface area is 77.3 Å². The molecule has 1 aromatic rings. The molecule has 0 saturated heterocycles. The fourth-order valence-electron chi connectivity index (χ4n) is 0.838. The zero-order chi connectivity index (χ0) is 10.1. The number of hydrogen-bond acceptors (Lipinski definition) is 3. The average molecular weight is 180 g/mol. The lowest BCUT2D eigenvalue weighted by molar-refractivity contribution is -0.0979. The van der Waals surface area contributed by atoms with E-state index in [-0.39, 0.29) is 12.4 Å². The molecule has 0 aromatic heterocycles. The second-order valence-electron chi connectivity index (χ2n) is 2.22. The van der Waals surface area contributed by atoms with Gasteiger partial charge in [-0.05, 0) is 0 Å². The van der Waals surface area contributed by atoms with E-state index >= 15 is 0 Å². The first kappa shape index (κ1) is 11.5. The van der Waals surface area contributed by atoms with E-state index in [1.165, 1.54) is 7.11 Å². The Kier molecular flexibility index (Phi) is 6.37. The van der Waals surface area contributed by atoms with E-state index in [0.29, 0.717) is 5.56 Å². The maximum Gasteiger partial charge on any atom is 0.188 e. The van der Waals surface area contributed by atoms with Crippen LogP contribution in [0.2, 0.25) is 0 Å². The number of ether oxygens (including phenoxy) is 1. The molecule has 3 nitrogen and oxygen atoms in total. The van der Waals surface area contributed by atoms with Crippen molar-refractivity contribution in [2.75, 3.05) is 13.7 Å². The van der Waals surface area contributed by atoms with Crippen molar-refractivity contribution >= 4 is 12.6 Å². The van der Waals surface area contributed by atoms with Crippen molar-refractivity contribution in [1.29, 1.82) is 0 Å². The third kappa shape index (κ3) is 4.18. The highest BCUT2D eigenvalue weighted by molar-refractivity contribution is 5.96. The summed E-state index contributed by atoms with van der Waals surface area (Å²) in [6, 6.07) is 9.11. The molecule has 3 heteroatoms. The number of carbonyl (C=O) groups excluding carboxylic acids is 2. The predicted molar refractivity (Wildman–Crippen MR) is 49.8 cm³/mol. The topological polar surface area (TPSA) is 43.4 Å². The molecule has 13 heavy (non-hydrogen) atoms. The number of hydrogen-bond donors (Lipinski definition) is 0. The highest BCUT2D eigenvalue weighted by atomic mass is 16.5. The van der Waals surface area contributed by atoms with E-state index in [4.69, 9.17) is 9.53 Å². The third-order valence-corrected chi connectivity index (χ3v) is 1.37. The summed E-state index contributed by atoms with van der Waals surface area (Å²) in [6.45, 7) is 2.16. The Morgan fingerprint density at radius 1 is 1.31 bits per heavy atom. The average Bonchev–Trinajstić information content (AvgIpc) is 2.23. The van der Waals surface area contributed by atoms with Crippen LogP contribution in [-0.2, 0) is 9.53 Å². The van der Waals surface area contributed by atoms with Crippen LogP contribution in [0, 0.1) is 0 Å². The molecule has 0 radical (unpaired) electrons. The molecule has 0 saturated carbocycles. The Morgan fingerprint density at radius 3 is 2.31 bits per heavy atom. The van der Waals surface area contributed by atoms with Gasteiger partial charge in [0.25, 0.3) is 0 Å². The third-order valence-electron chi connectivity index (χ3n) is 1.37. The first-order valence-corrected chi connectivity index (χ1v) is 3.70. The summed E-state index contributed by atoms with van der Waals surface area (Å²) in [6.07, 6.45) is 0. The molecule has 0 spiro atoms. The summed E-state index contributed by atoms with van der Waals surface area (Å²) in [5.41, 5.74) is 0.703. The number of Topliss-reactive ketones (excluding diaryl/α,β-unsaturated/α-hetero) is 1. The van der Waals surface area contributed by atoms with Crippen molar-refractivity contribution in [1.82, 2.24) is 0 Å². The molecule has 0 aliphatic rings. The van der Waals surface area contributed by atoms with Crippen molar-refractivity contribution in [3.63, 3.8) is 0 Å². The Balaban J connectivity index is 0.000000671. The van der Waals surface area contributed by atoms with Gasteiger partial charge in [-0.1, -0.05) is 30.3 Å². The van der Waals surface area contributed by atoms with Gasteiger partial charge in [-0.3, -0.25) is 4.79 Å². The molecule has 0 aliphatic heterocycles. The molecule has 0 amide bonds. The number of methoxy groups -OCH3 is 1. The molecule has 0 atom stereocenters. The summed E-state index contributed by atoms with van der Waals surface area (Å²) >= 11 is 0. The summed E-state index contributed by atoms with van der Waals surface area (Å²) < 4.78 is 4.71. The summed E-state index contributed by atoms with van der Waals surface area (Å²) in [4.78, 5) is 19.1. The first-order chi connectivity index (χ1) is 6.34. The maximum absolute atomic E-state index is 11.1. The highest BCUT2D eigenvalue weighted by Gasteiger charge is 2.01. The number of benzene rings is 1. The van der Waals surface area contributed by atoms with E-state index in [1.54, 1.807) is 12.1 Å². The largest absolute Gasteiger partial charge is 0.377 e. The van der Waals surface area contributed by atoms with Crippen LogP contribution in [-0.4, -0.2) is 26.3 Å². The summed E-state index contributed by atoms with van der Waals surface area (Å²) in [7, 11) is 1.51. The molecule has 70 valence electrons. The Hall–Kier alpha value is -1.48. The van der Waals surface area contributed by atoms with Crippen LogP contribution in [0.15, 0.2) is 30.3 Å². The van der Waals surface area contributed by atoms with Gasteiger partial charge < -0.3 is 9.53 Å². The molecular weight excluding hydrogens is 168 g/mol. The molecule has 0 bridgehead atoms. The minimum absolute atomic E-state index is 0.0214. The highest BCUT2D eigenvalue weighted by Crippen LogP contribution is 1.99. The van der Waals surface area contributed by atoms with Gasteiger partial charge in [-0.2, -0.15) is 0 Å². The van der Waals surface area contributed by atoms with Gasteiger partial charge in [-0.15, -0.1) is 0 Å². The van der Waals surface area contributed by atoms with Crippen molar-refractivity contribution in [3.8, 4) is 0 Å². The molecule has 0 unspecified atom stereocenters. The lowest BCUT2D eigenvalue weighted by Crippen LogP contribution is -2.06. The van der Waals surface area contributed by atoms with Crippen LogP contribution in [0.3, 0.4) is 0 Å². The Morgan fingerprint density at radius 2 is 1.85 bits per heavy atom. The van der Waals surface area contributed by atoms with Crippen LogP contribution in [0.4, 0.5) is 0 Å². The van der Waals surface area contributed by atoms with Crippen molar-refractivity contribution in [2.24, 2.45) is 0 Å². The van der Waals surface area contributed by atoms with Crippen LogP contribution < -0.4 is 0 Å². The fraction of sp³-hybridized carbons (Fsp3) is 0.200. The van der Waals surface area contributed by atoms with Crippen LogP contribution in [0.25, 0.3) is 0 Å². The summed E-state index contributed by atoms with van der Waals surface area (Å²) in [5.74, 6) is 0.0214. The van der Waals surface area contributed by atoms with Gasteiger partial charge in [0, 0.05) is 12.7 Å². The predicted octanol–water partition coefficient (Wildman–Crippen LogP) is 1.33. The molecular formula is C10H12O3. The number of ketones is 1. The minimum atomic E-state index is 0.0214. The van der Waals surface area contributed by atoms with E-state index in [2.05, 4.69) is 0 Å². The van der Waals surface area contributed by atoms with Gasteiger partial charge >= 0.3 is 0 Å². The van der Waals surface area contributed by atoms with Crippen molar-refractivity contribution in [2.45, 2.75) is 0 Å². The number of rotatable bonds is 3. The first-order valence-electron chi connectivity index (χ1n) is 3.70.